The smallest absolute Gasteiger partial charge is 0.303 e. The Hall–Kier alpha value is -1.23. The number of aliphatic hydroxyl groups is 1. The number of unbranched alkanes of at least 4 members (excludes halogenated alkanes) is 3. The first-order valence-corrected chi connectivity index (χ1v) is 5.98. The highest BCUT2D eigenvalue weighted by atomic mass is 16.4. The second kappa shape index (κ2) is 6.49. The number of hydrogen-bond donors (Lipinski definition) is 2. The first kappa shape index (κ1) is 13.8. The molecule has 0 aromatic heterocycles. The van der Waals surface area contributed by atoms with Crippen molar-refractivity contribution in [2.24, 2.45) is 5.92 Å². The predicted molar refractivity (Wildman–Crippen MR) is 59.5 cm³/mol. The maximum absolute atomic E-state index is 11.4. The lowest BCUT2D eigenvalue weighted by Crippen LogP contribution is -2.19. The summed E-state index contributed by atoms with van der Waals surface area (Å²) in [6, 6.07) is 0. The molecule has 2 atom stereocenters. The molecule has 1 aliphatic carbocycles. The highest BCUT2D eigenvalue weighted by Gasteiger charge is 2.39. The Morgan fingerprint density at radius 1 is 1.18 bits per heavy atom. The van der Waals surface area contributed by atoms with E-state index in [0.717, 1.165) is 19.3 Å². The van der Waals surface area contributed by atoms with Gasteiger partial charge in [-0.1, -0.05) is 19.3 Å². The minimum Gasteiger partial charge on any atom is -0.481 e. The summed E-state index contributed by atoms with van der Waals surface area (Å²) in [6.45, 7) is 0. The van der Waals surface area contributed by atoms with Gasteiger partial charge in [0, 0.05) is 12.8 Å². The van der Waals surface area contributed by atoms with Crippen molar-refractivity contribution in [2.75, 3.05) is 0 Å². The molecule has 96 valence electrons. The molecule has 0 saturated heterocycles. The van der Waals surface area contributed by atoms with Gasteiger partial charge < -0.3 is 10.2 Å². The number of rotatable bonds is 7. The topological polar surface area (TPSA) is 91.7 Å². The lowest BCUT2D eigenvalue weighted by molar-refractivity contribution is -0.137. The number of aliphatic carboxylic acids is 1. The van der Waals surface area contributed by atoms with Crippen molar-refractivity contribution < 1.29 is 24.6 Å². The number of ketones is 2. The fourth-order valence-corrected chi connectivity index (χ4v) is 2.11. The van der Waals surface area contributed by atoms with Crippen LogP contribution in [0.25, 0.3) is 0 Å². The van der Waals surface area contributed by atoms with Gasteiger partial charge in [0.2, 0.25) is 0 Å². The molecule has 0 spiro atoms. The van der Waals surface area contributed by atoms with Gasteiger partial charge in [-0.3, -0.25) is 14.4 Å². The highest BCUT2D eigenvalue weighted by molar-refractivity contribution is 6.11. The second-order valence-electron chi connectivity index (χ2n) is 4.49. The van der Waals surface area contributed by atoms with Crippen molar-refractivity contribution in [1.29, 1.82) is 0 Å². The minimum atomic E-state index is -1.10. The average Bonchev–Trinajstić information content (AvgIpc) is 2.48. The third-order valence-electron chi connectivity index (χ3n) is 3.09. The molecule has 0 unspecified atom stereocenters. The van der Waals surface area contributed by atoms with Gasteiger partial charge in [-0.25, -0.2) is 0 Å². The Morgan fingerprint density at radius 2 is 1.82 bits per heavy atom. The van der Waals surface area contributed by atoms with Crippen LogP contribution in [0.2, 0.25) is 0 Å². The van der Waals surface area contributed by atoms with Crippen LogP contribution in [0.5, 0.6) is 0 Å². The van der Waals surface area contributed by atoms with Gasteiger partial charge >= 0.3 is 5.97 Å². The van der Waals surface area contributed by atoms with Gasteiger partial charge in [0.15, 0.2) is 5.78 Å². The maximum atomic E-state index is 11.4. The Kier molecular flexibility index (Phi) is 5.28. The molecule has 0 aliphatic heterocycles. The SMILES string of the molecule is O=C(O)CCCCCC[C@@H]1C(=O)C[C@@H](O)C1=O. The van der Waals surface area contributed by atoms with Crippen LogP contribution in [0.3, 0.4) is 0 Å². The van der Waals surface area contributed by atoms with Gasteiger partial charge in [0.05, 0.1) is 5.92 Å². The summed E-state index contributed by atoms with van der Waals surface area (Å²) in [5.41, 5.74) is 0. The Morgan fingerprint density at radius 3 is 2.35 bits per heavy atom. The number of aliphatic hydroxyl groups excluding tert-OH is 1. The summed E-state index contributed by atoms with van der Waals surface area (Å²) in [7, 11) is 0. The van der Waals surface area contributed by atoms with E-state index in [4.69, 9.17) is 5.11 Å². The molecule has 1 fully saturated rings. The van der Waals surface area contributed by atoms with Crippen LogP contribution < -0.4 is 0 Å². The van der Waals surface area contributed by atoms with Gasteiger partial charge in [-0.2, -0.15) is 0 Å². The first-order chi connectivity index (χ1) is 8.02. The number of hydrogen-bond acceptors (Lipinski definition) is 4. The van der Waals surface area contributed by atoms with Crippen LogP contribution in [0.15, 0.2) is 0 Å². The zero-order valence-corrected chi connectivity index (χ0v) is 9.72. The van der Waals surface area contributed by atoms with Crippen LogP contribution in [0, 0.1) is 5.92 Å². The molecule has 1 saturated carbocycles. The second-order valence-corrected chi connectivity index (χ2v) is 4.49. The molecule has 17 heavy (non-hydrogen) atoms. The molecular formula is C12H18O5. The van der Waals surface area contributed by atoms with E-state index >= 15 is 0 Å². The van der Waals surface area contributed by atoms with E-state index in [9.17, 15) is 19.5 Å². The van der Waals surface area contributed by atoms with Crippen molar-refractivity contribution in [2.45, 2.75) is 51.0 Å². The van der Waals surface area contributed by atoms with E-state index in [-0.39, 0.29) is 24.4 Å². The van der Waals surface area contributed by atoms with Gasteiger partial charge in [-0.05, 0) is 12.8 Å². The van der Waals surface area contributed by atoms with Crippen molar-refractivity contribution in [3.8, 4) is 0 Å². The standard InChI is InChI=1S/C12H18O5/c13-9-7-10(14)12(17)8(9)5-3-1-2-4-6-11(15)16/h8,10,14H,1-7H2,(H,15,16)/t8-,10-/m1/s1. The third kappa shape index (κ3) is 4.26. The van der Waals surface area contributed by atoms with Crippen LogP contribution >= 0.6 is 0 Å². The van der Waals surface area contributed by atoms with Gasteiger partial charge in [0.1, 0.15) is 11.9 Å². The van der Waals surface area contributed by atoms with E-state index in [1.807, 2.05) is 0 Å². The van der Waals surface area contributed by atoms with Crippen LogP contribution in [0.4, 0.5) is 0 Å². The summed E-state index contributed by atoms with van der Waals surface area (Å²) >= 11 is 0. The van der Waals surface area contributed by atoms with Crippen LogP contribution in [0.1, 0.15) is 44.9 Å². The van der Waals surface area contributed by atoms with Crippen LogP contribution in [-0.2, 0) is 14.4 Å². The lowest BCUT2D eigenvalue weighted by atomic mass is 9.97. The Bertz CT molecular complexity index is 310. The summed E-state index contributed by atoms with van der Waals surface area (Å²) in [5, 5.41) is 17.6. The average molecular weight is 242 g/mol. The van der Waals surface area contributed by atoms with Crippen molar-refractivity contribution >= 4 is 17.5 Å². The third-order valence-corrected chi connectivity index (χ3v) is 3.09. The fourth-order valence-electron chi connectivity index (χ4n) is 2.11. The Balaban J connectivity index is 2.12. The van der Waals surface area contributed by atoms with Crippen LogP contribution in [-0.4, -0.2) is 33.9 Å². The van der Waals surface area contributed by atoms with E-state index in [1.54, 1.807) is 0 Å². The van der Waals surface area contributed by atoms with E-state index < -0.39 is 18.0 Å². The molecule has 0 amide bonds. The molecule has 0 heterocycles. The van der Waals surface area contributed by atoms with Gasteiger partial charge in [0.25, 0.3) is 0 Å². The van der Waals surface area contributed by atoms with Gasteiger partial charge in [-0.15, -0.1) is 0 Å². The zero-order valence-electron chi connectivity index (χ0n) is 9.72. The molecule has 2 N–H and O–H groups in total. The molecule has 0 radical (unpaired) electrons. The normalized spacial score (nSPS) is 24.3. The monoisotopic (exact) mass is 242 g/mol. The predicted octanol–water partition coefficient (Wildman–Crippen LogP) is 0.931. The number of carboxylic acids is 1. The first-order valence-electron chi connectivity index (χ1n) is 5.98. The molecule has 0 bridgehead atoms. The van der Waals surface area contributed by atoms with Crippen molar-refractivity contribution in [3.05, 3.63) is 0 Å². The van der Waals surface area contributed by atoms with E-state index in [1.165, 1.54) is 0 Å². The summed E-state index contributed by atoms with van der Waals surface area (Å²) in [5.74, 6) is -1.92. The highest BCUT2D eigenvalue weighted by Crippen LogP contribution is 2.23. The Labute approximate surface area is 99.8 Å². The van der Waals surface area contributed by atoms with Crippen molar-refractivity contribution in [1.82, 2.24) is 0 Å². The van der Waals surface area contributed by atoms with E-state index in [0.29, 0.717) is 12.8 Å². The molecular weight excluding hydrogens is 224 g/mol. The molecule has 1 rings (SSSR count). The van der Waals surface area contributed by atoms with Crippen molar-refractivity contribution in [3.63, 3.8) is 0 Å². The van der Waals surface area contributed by atoms with E-state index in [2.05, 4.69) is 0 Å². The lowest BCUT2D eigenvalue weighted by Gasteiger charge is -2.06. The number of carbonyl (C=O) groups is 3. The summed E-state index contributed by atoms with van der Waals surface area (Å²) in [4.78, 5) is 33.0. The number of carboxylic acid groups (broad SMARTS) is 1. The molecule has 0 aromatic rings. The summed E-state index contributed by atoms with van der Waals surface area (Å²) in [6.07, 6.45) is 2.49. The minimum absolute atomic E-state index is 0.0392. The molecule has 1 aliphatic rings. The zero-order chi connectivity index (χ0) is 12.8. The number of carbonyl (C=O) groups excluding carboxylic acids is 2. The largest absolute Gasteiger partial charge is 0.481 e. The molecule has 0 aromatic carbocycles. The fraction of sp³-hybridized carbons (Fsp3) is 0.750. The summed E-state index contributed by atoms with van der Waals surface area (Å²) < 4.78 is 0. The molecule has 5 heteroatoms. The maximum Gasteiger partial charge on any atom is 0.303 e. The quantitative estimate of drug-likeness (QED) is 0.512. The molecule has 5 nitrogen and oxygen atoms in total. The number of Topliss-reactive ketones (excluding diaryl/α,β-unsaturated/α-hetero) is 2.